The Hall–Kier alpha value is -2.58. The molecular weight excluding hydrogens is 326 g/mol. The van der Waals surface area contributed by atoms with Gasteiger partial charge < -0.3 is 5.73 Å². The van der Waals surface area contributed by atoms with Gasteiger partial charge >= 0.3 is 12.4 Å². The van der Waals surface area contributed by atoms with E-state index < -0.39 is 29.4 Å². The fourth-order valence-corrected chi connectivity index (χ4v) is 2.01. The summed E-state index contributed by atoms with van der Waals surface area (Å²) in [5.74, 6) is -0.957. The quantitative estimate of drug-likeness (QED) is 0.847. The number of hydrogen-bond acceptors (Lipinski definition) is 2. The molecule has 0 saturated heterocycles. The lowest BCUT2D eigenvalue weighted by atomic mass is 9.98. The van der Waals surface area contributed by atoms with Crippen LogP contribution in [0, 0.1) is 0 Å². The lowest BCUT2D eigenvalue weighted by molar-refractivity contribution is -0.162. The highest BCUT2D eigenvalue weighted by Gasteiger charge is 2.43. The monoisotopic (exact) mass is 334 g/mol. The van der Waals surface area contributed by atoms with Gasteiger partial charge in [0, 0.05) is 11.8 Å². The van der Waals surface area contributed by atoms with Crippen LogP contribution in [0.2, 0.25) is 0 Å². The standard InChI is InChI=1S/C14H8F6N2O/c15-13(16,17)9-4-3-7(6-10(9)14(18,19)20)11-8(12(21)23)2-1-5-22-11/h1-6H,(H2,21,23). The van der Waals surface area contributed by atoms with Crippen LogP contribution in [-0.4, -0.2) is 10.9 Å². The molecule has 1 heterocycles. The zero-order chi connectivity index (χ0) is 17.4. The van der Waals surface area contributed by atoms with Crippen molar-refractivity contribution in [3.05, 3.63) is 53.2 Å². The van der Waals surface area contributed by atoms with E-state index in [4.69, 9.17) is 5.73 Å². The number of nitrogens with zero attached hydrogens (tertiary/aromatic N) is 1. The van der Waals surface area contributed by atoms with E-state index in [9.17, 15) is 31.1 Å². The number of aromatic nitrogens is 1. The second kappa shape index (κ2) is 5.56. The summed E-state index contributed by atoms with van der Waals surface area (Å²) in [5.41, 5.74) is 0.712. The molecule has 1 amide bonds. The minimum Gasteiger partial charge on any atom is -0.366 e. The molecule has 2 N–H and O–H groups in total. The lowest BCUT2D eigenvalue weighted by Crippen LogP contribution is -2.17. The van der Waals surface area contributed by atoms with E-state index >= 15 is 0 Å². The molecule has 0 saturated carbocycles. The number of benzene rings is 1. The van der Waals surface area contributed by atoms with Crippen molar-refractivity contribution >= 4 is 5.91 Å². The Bertz CT molecular complexity index is 752. The molecule has 3 nitrogen and oxygen atoms in total. The van der Waals surface area contributed by atoms with Crippen molar-refractivity contribution in [2.75, 3.05) is 0 Å². The summed E-state index contributed by atoms with van der Waals surface area (Å²) in [6.07, 6.45) is -9.20. The van der Waals surface area contributed by atoms with Gasteiger partial charge in [0.15, 0.2) is 0 Å². The third-order valence-electron chi connectivity index (χ3n) is 2.98. The molecule has 0 aliphatic rings. The van der Waals surface area contributed by atoms with Gasteiger partial charge in [0.05, 0.1) is 22.4 Å². The summed E-state index contributed by atoms with van der Waals surface area (Å²) in [7, 11) is 0. The summed E-state index contributed by atoms with van der Waals surface area (Å²) in [6.45, 7) is 0. The van der Waals surface area contributed by atoms with Crippen LogP contribution in [0.4, 0.5) is 26.3 Å². The largest absolute Gasteiger partial charge is 0.417 e. The number of amides is 1. The van der Waals surface area contributed by atoms with Crippen molar-refractivity contribution in [1.82, 2.24) is 4.98 Å². The van der Waals surface area contributed by atoms with Crippen molar-refractivity contribution in [1.29, 1.82) is 0 Å². The highest BCUT2D eigenvalue weighted by Crippen LogP contribution is 2.41. The van der Waals surface area contributed by atoms with Crippen LogP contribution >= 0.6 is 0 Å². The first-order chi connectivity index (χ1) is 10.5. The molecule has 0 radical (unpaired) electrons. The van der Waals surface area contributed by atoms with Crippen LogP contribution in [0.25, 0.3) is 11.3 Å². The number of hydrogen-bond donors (Lipinski definition) is 1. The van der Waals surface area contributed by atoms with Gasteiger partial charge in [-0.2, -0.15) is 26.3 Å². The fraction of sp³-hybridized carbons (Fsp3) is 0.143. The molecule has 2 aromatic rings. The van der Waals surface area contributed by atoms with Crippen molar-refractivity contribution in [2.45, 2.75) is 12.4 Å². The minimum absolute atomic E-state index is 0.194. The average molecular weight is 334 g/mol. The van der Waals surface area contributed by atoms with E-state index in [1.165, 1.54) is 18.3 Å². The highest BCUT2D eigenvalue weighted by atomic mass is 19.4. The van der Waals surface area contributed by atoms with Crippen LogP contribution in [0.5, 0.6) is 0 Å². The van der Waals surface area contributed by atoms with Gasteiger partial charge in [-0.15, -0.1) is 0 Å². The van der Waals surface area contributed by atoms with Crippen LogP contribution < -0.4 is 5.73 Å². The van der Waals surface area contributed by atoms with Crippen LogP contribution in [0.15, 0.2) is 36.5 Å². The molecule has 1 aromatic heterocycles. The average Bonchev–Trinajstić information content (AvgIpc) is 2.44. The number of nitrogens with two attached hydrogens (primary N) is 1. The molecule has 0 spiro atoms. The predicted molar refractivity (Wildman–Crippen MR) is 68.2 cm³/mol. The molecule has 0 aliphatic heterocycles. The Morgan fingerprint density at radius 1 is 0.957 bits per heavy atom. The van der Waals surface area contributed by atoms with Crippen molar-refractivity contribution in [3.63, 3.8) is 0 Å². The van der Waals surface area contributed by atoms with E-state index in [0.29, 0.717) is 12.1 Å². The molecular formula is C14H8F6N2O. The number of pyridine rings is 1. The molecule has 1 aromatic carbocycles. The molecule has 0 fully saturated rings. The van der Waals surface area contributed by atoms with Gasteiger partial charge in [0.25, 0.3) is 5.91 Å². The number of alkyl halides is 6. The molecule has 23 heavy (non-hydrogen) atoms. The first kappa shape index (κ1) is 16.8. The normalized spacial score (nSPS) is 12.3. The second-order valence-corrected chi connectivity index (χ2v) is 4.52. The Morgan fingerprint density at radius 3 is 2.09 bits per heavy atom. The molecule has 0 atom stereocenters. The Morgan fingerprint density at radius 2 is 1.57 bits per heavy atom. The Balaban J connectivity index is 2.71. The molecule has 0 aliphatic carbocycles. The molecule has 2 rings (SSSR count). The third kappa shape index (κ3) is 3.43. The van der Waals surface area contributed by atoms with Gasteiger partial charge in [-0.3, -0.25) is 9.78 Å². The van der Waals surface area contributed by atoms with Gasteiger partial charge in [0.1, 0.15) is 0 Å². The summed E-state index contributed by atoms with van der Waals surface area (Å²) in [6, 6.07) is 3.97. The van der Waals surface area contributed by atoms with Crippen molar-refractivity contribution in [3.8, 4) is 11.3 Å². The number of rotatable bonds is 2. The van der Waals surface area contributed by atoms with Gasteiger partial charge in [0.2, 0.25) is 0 Å². The molecule has 0 unspecified atom stereocenters. The van der Waals surface area contributed by atoms with E-state index in [2.05, 4.69) is 4.98 Å². The second-order valence-electron chi connectivity index (χ2n) is 4.52. The first-order valence-corrected chi connectivity index (χ1v) is 6.05. The summed E-state index contributed by atoms with van der Waals surface area (Å²) in [4.78, 5) is 15.0. The Labute approximate surface area is 125 Å². The summed E-state index contributed by atoms with van der Waals surface area (Å²) >= 11 is 0. The van der Waals surface area contributed by atoms with Crippen LogP contribution in [0.3, 0.4) is 0 Å². The van der Waals surface area contributed by atoms with E-state index in [-0.39, 0.29) is 16.8 Å². The number of primary amides is 1. The maximum atomic E-state index is 12.9. The zero-order valence-electron chi connectivity index (χ0n) is 11.2. The van der Waals surface area contributed by atoms with Crippen LogP contribution in [-0.2, 0) is 12.4 Å². The maximum Gasteiger partial charge on any atom is 0.417 e. The first-order valence-electron chi connectivity index (χ1n) is 6.05. The topological polar surface area (TPSA) is 56.0 Å². The molecule has 9 heteroatoms. The molecule has 122 valence electrons. The molecule has 0 bridgehead atoms. The van der Waals surface area contributed by atoms with E-state index in [0.717, 1.165) is 6.07 Å². The number of carbonyl (C=O) groups excluding carboxylic acids is 1. The fourth-order valence-electron chi connectivity index (χ4n) is 2.01. The summed E-state index contributed by atoms with van der Waals surface area (Å²) in [5, 5.41) is 0. The summed E-state index contributed by atoms with van der Waals surface area (Å²) < 4.78 is 77.0. The number of halogens is 6. The maximum absolute atomic E-state index is 12.9. The van der Waals surface area contributed by atoms with Gasteiger partial charge in [-0.25, -0.2) is 0 Å². The van der Waals surface area contributed by atoms with Gasteiger partial charge in [-0.1, -0.05) is 6.07 Å². The van der Waals surface area contributed by atoms with E-state index in [1.54, 1.807) is 0 Å². The smallest absolute Gasteiger partial charge is 0.366 e. The van der Waals surface area contributed by atoms with E-state index in [1.807, 2.05) is 0 Å². The highest BCUT2D eigenvalue weighted by molar-refractivity contribution is 5.98. The van der Waals surface area contributed by atoms with Crippen LogP contribution in [0.1, 0.15) is 21.5 Å². The Kier molecular flexibility index (Phi) is 4.06. The van der Waals surface area contributed by atoms with Crippen molar-refractivity contribution < 1.29 is 31.1 Å². The number of carbonyl (C=O) groups is 1. The minimum atomic E-state index is -5.22. The SMILES string of the molecule is NC(=O)c1cccnc1-c1ccc(C(F)(F)F)c(C(F)(F)F)c1. The third-order valence-corrected chi connectivity index (χ3v) is 2.98. The zero-order valence-corrected chi connectivity index (χ0v) is 11.2. The predicted octanol–water partition coefficient (Wildman–Crippen LogP) is 3.89. The van der Waals surface area contributed by atoms with Gasteiger partial charge in [-0.05, 0) is 24.3 Å². The lowest BCUT2D eigenvalue weighted by Gasteiger charge is -2.17. The van der Waals surface area contributed by atoms with Crippen molar-refractivity contribution in [2.24, 2.45) is 5.73 Å².